The van der Waals surface area contributed by atoms with E-state index in [0.717, 1.165) is 32.5 Å². The van der Waals surface area contributed by atoms with Crippen molar-refractivity contribution < 1.29 is 4.79 Å². The van der Waals surface area contributed by atoms with Gasteiger partial charge in [0.1, 0.15) is 0 Å². The minimum absolute atomic E-state index is 0.0970. The van der Waals surface area contributed by atoms with Crippen LogP contribution in [0.15, 0.2) is 66.9 Å². The first-order valence-electron chi connectivity index (χ1n) is 9.55. The summed E-state index contributed by atoms with van der Waals surface area (Å²) in [6.45, 7) is 4.41. The molecule has 2 heterocycles. The molecule has 0 saturated heterocycles. The van der Waals surface area contributed by atoms with Crippen LogP contribution in [0.3, 0.4) is 0 Å². The van der Waals surface area contributed by atoms with Crippen molar-refractivity contribution in [1.29, 1.82) is 0 Å². The smallest absolute Gasteiger partial charge is 0.251 e. The van der Waals surface area contributed by atoms with Gasteiger partial charge in [-0.05, 0) is 49.7 Å². The molecule has 0 spiro atoms. The number of amides is 1. The predicted molar refractivity (Wildman–Crippen MR) is 120 cm³/mol. The fraction of sp³-hybridized carbons (Fsp3) is 0.130. The Morgan fingerprint density at radius 3 is 2.60 bits per heavy atom. The topological polar surface area (TPSA) is 79.8 Å². The lowest BCUT2D eigenvalue weighted by atomic mass is 10.2. The molecule has 7 heteroatoms. The first-order chi connectivity index (χ1) is 14.6. The van der Waals surface area contributed by atoms with Gasteiger partial charge in [-0.15, -0.1) is 11.3 Å². The monoisotopic (exact) mass is 415 g/mol. The van der Waals surface area contributed by atoms with Gasteiger partial charge < -0.3 is 10.6 Å². The van der Waals surface area contributed by atoms with Crippen LogP contribution in [0.4, 0.5) is 11.6 Å². The van der Waals surface area contributed by atoms with Crippen molar-refractivity contribution >= 4 is 28.9 Å². The number of rotatable bonds is 6. The zero-order valence-electron chi connectivity index (χ0n) is 16.7. The van der Waals surface area contributed by atoms with Crippen molar-refractivity contribution in [2.45, 2.75) is 20.4 Å². The molecule has 0 aliphatic carbocycles. The molecule has 2 N–H and O–H groups in total. The van der Waals surface area contributed by atoms with Crippen LogP contribution >= 0.6 is 11.3 Å². The number of aryl methyl sites for hydroxylation is 2. The van der Waals surface area contributed by atoms with Crippen molar-refractivity contribution in [2.75, 3.05) is 5.32 Å². The molecule has 6 nitrogen and oxygen atoms in total. The van der Waals surface area contributed by atoms with Gasteiger partial charge in [0.05, 0.1) is 21.3 Å². The molecule has 0 radical (unpaired) electrons. The lowest BCUT2D eigenvalue weighted by Crippen LogP contribution is -2.22. The highest BCUT2D eigenvalue weighted by atomic mass is 32.1. The molecule has 0 atom stereocenters. The molecule has 0 fully saturated rings. The first kappa shape index (κ1) is 19.7. The van der Waals surface area contributed by atoms with E-state index in [-0.39, 0.29) is 5.91 Å². The zero-order chi connectivity index (χ0) is 20.9. The lowest BCUT2D eigenvalue weighted by molar-refractivity contribution is 0.0951. The van der Waals surface area contributed by atoms with Crippen LogP contribution in [0.25, 0.3) is 10.6 Å². The van der Waals surface area contributed by atoms with Gasteiger partial charge in [0.2, 0.25) is 5.95 Å². The number of anilines is 2. The van der Waals surface area contributed by atoms with Gasteiger partial charge in [0, 0.05) is 24.0 Å². The molecule has 4 aromatic rings. The molecule has 30 heavy (non-hydrogen) atoms. The minimum Gasteiger partial charge on any atom is -0.348 e. The van der Waals surface area contributed by atoms with E-state index in [4.69, 9.17) is 0 Å². The van der Waals surface area contributed by atoms with Crippen LogP contribution in [0.2, 0.25) is 0 Å². The minimum atomic E-state index is -0.0970. The normalized spacial score (nSPS) is 10.6. The van der Waals surface area contributed by atoms with Crippen LogP contribution in [-0.2, 0) is 6.54 Å². The molecule has 150 valence electrons. The molecular formula is C23H21N5OS. The van der Waals surface area contributed by atoms with Crippen molar-refractivity contribution in [2.24, 2.45) is 0 Å². The maximum atomic E-state index is 12.2. The molecule has 0 aliphatic rings. The third-order valence-electron chi connectivity index (χ3n) is 4.46. The quantitative estimate of drug-likeness (QED) is 0.469. The van der Waals surface area contributed by atoms with Gasteiger partial charge in [-0.2, -0.15) is 0 Å². The van der Waals surface area contributed by atoms with Crippen molar-refractivity contribution in [3.8, 4) is 10.6 Å². The number of nitrogens with one attached hydrogen (secondary N) is 2. The molecule has 4 rings (SSSR count). The van der Waals surface area contributed by atoms with Crippen LogP contribution in [0.1, 0.15) is 26.6 Å². The molecular weight excluding hydrogens is 394 g/mol. The summed E-state index contributed by atoms with van der Waals surface area (Å²) in [7, 11) is 0. The maximum absolute atomic E-state index is 12.2. The maximum Gasteiger partial charge on any atom is 0.251 e. The summed E-state index contributed by atoms with van der Waals surface area (Å²) in [4.78, 5) is 26.7. The van der Waals surface area contributed by atoms with Crippen LogP contribution in [0.5, 0.6) is 0 Å². The molecule has 0 aliphatic heterocycles. The van der Waals surface area contributed by atoms with Crippen LogP contribution in [0, 0.1) is 13.8 Å². The van der Waals surface area contributed by atoms with E-state index < -0.39 is 0 Å². The second-order valence-electron chi connectivity index (χ2n) is 6.79. The van der Waals surface area contributed by atoms with Gasteiger partial charge in [-0.1, -0.05) is 30.3 Å². The summed E-state index contributed by atoms with van der Waals surface area (Å²) < 4.78 is 0. The van der Waals surface area contributed by atoms with E-state index >= 15 is 0 Å². The number of hydrogen-bond donors (Lipinski definition) is 2. The second-order valence-corrected chi connectivity index (χ2v) is 7.99. The zero-order valence-corrected chi connectivity index (χ0v) is 17.5. The Labute approximate surface area is 179 Å². The molecule has 2 aromatic heterocycles. The Balaban J connectivity index is 1.45. The summed E-state index contributed by atoms with van der Waals surface area (Å²) in [5.74, 6) is 0.420. The average molecular weight is 416 g/mol. The number of benzene rings is 2. The Kier molecular flexibility index (Phi) is 5.81. The first-order valence-corrected chi connectivity index (χ1v) is 10.4. The van der Waals surface area contributed by atoms with Crippen molar-refractivity contribution in [1.82, 2.24) is 20.3 Å². The number of carbonyl (C=O) groups is 1. The second kappa shape index (κ2) is 8.84. The summed E-state index contributed by atoms with van der Waals surface area (Å²) >= 11 is 1.62. The fourth-order valence-corrected chi connectivity index (χ4v) is 3.97. The van der Waals surface area contributed by atoms with Crippen LogP contribution in [-0.4, -0.2) is 20.9 Å². The summed E-state index contributed by atoms with van der Waals surface area (Å²) in [5, 5.41) is 7.21. The predicted octanol–water partition coefficient (Wildman–Crippen LogP) is 4.89. The number of hydrogen-bond acceptors (Lipinski definition) is 6. The standard InChI is InChI=1S/C23H21N5OS/c1-15-21(30-16(2)26-15)20-11-12-24-23(28-20)27-19-10-6-7-17(13-19)14-25-22(29)18-8-4-3-5-9-18/h3-13H,14H2,1-2H3,(H,25,29)(H,24,27,28). The Morgan fingerprint density at radius 2 is 1.83 bits per heavy atom. The summed E-state index contributed by atoms with van der Waals surface area (Å²) in [6, 6.07) is 18.9. The molecule has 1 amide bonds. The van der Waals surface area contributed by atoms with Crippen molar-refractivity contribution in [3.05, 3.63) is 88.7 Å². The van der Waals surface area contributed by atoms with Crippen LogP contribution < -0.4 is 10.6 Å². The van der Waals surface area contributed by atoms with Gasteiger partial charge in [-0.3, -0.25) is 4.79 Å². The largest absolute Gasteiger partial charge is 0.348 e. The summed E-state index contributed by atoms with van der Waals surface area (Å²) in [5.41, 5.74) is 4.30. The third-order valence-corrected chi connectivity index (χ3v) is 5.56. The number of nitrogens with zero attached hydrogens (tertiary/aromatic N) is 3. The van der Waals surface area contributed by atoms with E-state index in [1.54, 1.807) is 29.7 Å². The van der Waals surface area contributed by atoms with E-state index in [1.165, 1.54) is 0 Å². The number of carbonyl (C=O) groups excluding carboxylic acids is 1. The van der Waals surface area contributed by atoms with Gasteiger partial charge in [0.15, 0.2) is 0 Å². The Hall–Kier alpha value is -3.58. The number of thiazole rings is 1. The molecule has 2 aromatic carbocycles. The SMILES string of the molecule is Cc1nc(C)c(-c2ccnc(Nc3cccc(CNC(=O)c4ccccc4)c3)n2)s1. The molecule has 0 unspecified atom stereocenters. The van der Waals surface area contributed by atoms with E-state index in [1.807, 2.05) is 62.4 Å². The molecule has 0 bridgehead atoms. The highest BCUT2D eigenvalue weighted by molar-refractivity contribution is 7.15. The Bertz CT molecular complexity index is 1170. The highest BCUT2D eigenvalue weighted by Crippen LogP contribution is 2.28. The average Bonchev–Trinajstić information content (AvgIpc) is 3.11. The fourth-order valence-electron chi connectivity index (χ4n) is 3.08. The summed E-state index contributed by atoms with van der Waals surface area (Å²) in [6.07, 6.45) is 1.74. The lowest BCUT2D eigenvalue weighted by Gasteiger charge is -2.09. The van der Waals surface area contributed by atoms with Gasteiger partial charge in [-0.25, -0.2) is 15.0 Å². The Morgan fingerprint density at radius 1 is 1.00 bits per heavy atom. The molecule has 0 saturated carbocycles. The van der Waals surface area contributed by atoms with E-state index in [0.29, 0.717) is 18.1 Å². The third kappa shape index (κ3) is 4.69. The highest BCUT2D eigenvalue weighted by Gasteiger charge is 2.10. The van der Waals surface area contributed by atoms with E-state index in [9.17, 15) is 4.79 Å². The van der Waals surface area contributed by atoms with Crippen molar-refractivity contribution in [3.63, 3.8) is 0 Å². The van der Waals surface area contributed by atoms with Gasteiger partial charge in [0.25, 0.3) is 5.91 Å². The number of aromatic nitrogens is 3. The van der Waals surface area contributed by atoms with E-state index in [2.05, 4.69) is 25.6 Å². The van der Waals surface area contributed by atoms with Gasteiger partial charge >= 0.3 is 0 Å².